The Bertz CT molecular complexity index is 1080. The molecule has 1 aromatic heterocycles. The quantitative estimate of drug-likeness (QED) is 0.461. The topological polar surface area (TPSA) is 57.3 Å². The molecule has 0 spiro atoms. The Balaban J connectivity index is 1.19. The molecule has 1 saturated heterocycles. The van der Waals surface area contributed by atoms with Gasteiger partial charge in [-0.25, -0.2) is 9.37 Å². The van der Waals surface area contributed by atoms with Crippen molar-refractivity contribution in [2.75, 3.05) is 24.5 Å². The largest absolute Gasteiger partial charge is 0.371 e. The van der Waals surface area contributed by atoms with Gasteiger partial charge in [-0.3, -0.25) is 4.79 Å². The smallest absolute Gasteiger partial charge is 0.224 e. The van der Waals surface area contributed by atoms with Crippen molar-refractivity contribution in [3.63, 3.8) is 0 Å². The summed E-state index contributed by atoms with van der Waals surface area (Å²) in [6.07, 6.45) is 3.17. The van der Waals surface area contributed by atoms with Gasteiger partial charge in [0.25, 0.3) is 0 Å². The average Bonchev–Trinajstić information content (AvgIpc) is 3.27. The second-order valence-electron chi connectivity index (χ2n) is 9.01. The van der Waals surface area contributed by atoms with Crippen molar-refractivity contribution in [2.45, 2.75) is 51.6 Å². The van der Waals surface area contributed by atoms with E-state index in [-0.39, 0.29) is 17.8 Å². The van der Waals surface area contributed by atoms with Crippen LogP contribution in [-0.2, 0) is 17.6 Å². The number of nitrogens with one attached hydrogen (secondary N) is 2. The number of piperidine rings is 1. The van der Waals surface area contributed by atoms with Crippen LogP contribution in [0, 0.1) is 12.7 Å². The zero-order chi connectivity index (χ0) is 23.9. The molecule has 0 bridgehead atoms. The molecular formula is C27H33FN4OS. The lowest BCUT2D eigenvalue weighted by Gasteiger charge is -2.35. The molecule has 7 heteroatoms. The van der Waals surface area contributed by atoms with E-state index in [2.05, 4.69) is 45.0 Å². The first-order chi connectivity index (χ1) is 16.5. The minimum atomic E-state index is -0.246. The highest BCUT2D eigenvalue weighted by atomic mass is 32.1. The molecule has 1 fully saturated rings. The molecule has 1 amide bonds. The van der Waals surface area contributed by atoms with Crippen molar-refractivity contribution < 1.29 is 9.18 Å². The van der Waals surface area contributed by atoms with E-state index >= 15 is 0 Å². The number of carbonyl (C=O) groups excluding carboxylic acids is 1. The first kappa shape index (κ1) is 24.4. The van der Waals surface area contributed by atoms with Crippen molar-refractivity contribution in [1.82, 2.24) is 15.6 Å². The molecule has 0 saturated carbocycles. The summed E-state index contributed by atoms with van der Waals surface area (Å²) < 4.78 is 13.2. The lowest BCUT2D eigenvalue weighted by atomic mass is 10.0. The maximum atomic E-state index is 13.2. The molecule has 3 aromatic rings. The first-order valence-electron chi connectivity index (χ1n) is 12.0. The van der Waals surface area contributed by atoms with E-state index in [1.54, 1.807) is 17.4 Å². The number of rotatable bonds is 9. The SMILES string of the molecule is Cc1nc([C@@H](C)NC2CCN(c3ccc(CC(=O)NCCc4cccc(F)c4)cc3)CC2)cs1. The van der Waals surface area contributed by atoms with Gasteiger partial charge in [0.1, 0.15) is 5.82 Å². The van der Waals surface area contributed by atoms with Gasteiger partial charge in [-0.05, 0) is 68.5 Å². The summed E-state index contributed by atoms with van der Waals surface area (Å²) in [6, 6.07) is 15.6. The number of anilines is 1. The fraction of sp³-hybridized carbons (Fsp3) is 0.407. The fourth-order valence-corrected chi connectivity index (χ4v) is 5.14. The van der Waals surface area contributed by atoms with Crippen LogP contribution in [0.2, 0.25) is 0 Å². The van der Waals surface area contributed by atoms with Gasteiger partial charge in [-0.2, -0.15) is 0 Å². The molecule has 180 valence electrons. The van der Waals surface area contributed by atoms with Gasteiger partial charge < -0.3 is 15.5 Å². The highest BCUT2D eigenvalue weighted by Gasteiger charge is 2.22. The molecule has 4 rings (SSSR count). The van der Waals surface area contributed by atoms with E-state index < -0.39 is 0 Å². The highest BCUT2D eigenvalue weighted by Crippen LogP contribution is 2.23. The van der Waals surface area contributed by atoms with Crippen molar-refractivity contribution in [3.8, 4) is 0 Å². The molecule has 0 unspecified atom stereocenters. The number of hydrogen-bond acceptors (Lipinski definition) is 5. The van der Waals surface area contributed by atoms with E-state index in [0.717, 1.165) is 47.8 Å². The van der Waals surface area contributed by atoms with Crippen LogP contribution >= 0.6 is 11.3 Å². The molecule has 34 heavy (non-hydrogen) atoms. The van der Waals surface area contributed by atoms with Crippen LogP contribution in [0.4, 0.5) is 10.1 Å². The predicted octanol–water partition coefficient (Wildman–Crippen LogP) is 4.81. The van der Waals surface area contributed by atoms with E-state index in [9.17, 15) is 9.18 Å². The van der Waals surface area contributed by atoms with Crippen LogP contribution in [0.25, 0.3) is 0 Å². The van der Waals surface area contributed by atoms with Gasteiger partial charge >= 0.3 is 0 Å². The van der Waals surface area contributed by atoms with Gasteiger partial charge in [0.2, 0.25) is 5.91 Å². The monoisotopic (exact) mass is 480 g/mol. The van der Waals surface area contributed by atoms with Gasteiger partial charge in [0.15, 0.2) is 0 Å². The van der Waals surface area contributed by atoms with Crippen LogP contribution in [0.3, 0.4) is 0 Å². The Hall–Kier alpha value is -2.77. The summed E-state index contributed by atoms with van der Waals surface area (Å²) in [4.78, 5) is 19.3. The van der Waals surface area contributed by atoms with E-state index in [0.29, 0.717) is 25.4 Å². The Morgan fingerprint density at radius 1 is 1.18 bits per heavy atom. The third-order valence-electron chi connectivity index (χ3n) is 6.35. The highest BCUT2D eigenvalue weighted by molar-refractivity contribution is 7.09. The second-order valence-corrected chi connectivity index (χ2v) is 10.1. The normalized spacial score (nSPS) is 15.3. The van der Waals surface area contributed by atoms with Gasteiger partial charge in [-0.15, -0.1) is 11.3 Å². The van der Waals surface area contributed by atoms with E-state index in [1.807, 2.05) is 25.1 Å². The third kappa shape index (κ3) is 6.87. The third-order valence-corrected chi connectivity index (χ3v) is 7.14. The number of aryl methyl sites for hydroxylation is 1. The maximum Gasteiger partial charge on any atom is 0.224 e. The molecule has 2 heterocycles. The summed E-state index contributed by atoms with van der Waals surface area (Å²) in [5, 5.41) is 9.92. The Morgan fingerprint density at radius 2 is 1.94 bits per heavy atom. The molecule has 0 radical (unpaired) electrons. The van der Waals surface area contributed by atoms with Crippen LogP contribution < -0.4 is 15.5 Å². The van der Waals surface area contributed by atoms with E-state index in [4.69, 9.17) is 0 Å². The number of halogens is 1. The van der Waals surface area contributed by atoms with Crippen LogP contribution in [0.1, 0.15) is 47.6 Å². The summed E-state index contributed by atoms with van der Waals surface area (Å²) in [7, 11) is 0. The van der Waals surface area contributed by atoms with Gasteiger partial charge in [0.05, 0.1) is 17.1 Å². The lowest BCUT2D eigenvalue weighted by molar-refractivity contribution is -0.120. The molecule has 2 N–H and O–H groups in total. The zero-order valence-electron chi connectivity index (χ0n) is 19.9. The summed E-state index contributed by atoms with van der Waals surface area (Å²) in [5.74, 6) is -0.259. The Morgan fingerprint density at radius 3 is 2.62 bits per heavy atom. The van der Waals surface area contributed by atoms with Crippen LogP contribution in [0.15, 0.2) is 53.9 Å². The van der Waals surface area contributed by atoms with Crippen molar-refractivity contribution in [2.24, 2.45) is 0 Å². The lowest BCUT2D eigenvalue weighted by Crippen LogP contribution is -2.43. The summed E-state index contributed by atoms with van der Waals surface area (Å²) in [5.41, 5.74) is 4.22. The minimum absolute atomic E-state index is 0.0135. The number of nitrogens with zero attached hydrogens (tertiary/aromatic N) is 2. The van der Waals surface area contributed by atoms with Gasteiger partial charge in [0, 0.05) is 42.8 Å². The molecule has 0 aliphatic carbocycles. The number of hydrogen-bond donors (Lipinski definition) is 2. The van der Waals surface area contributed by atoms with Crippen LogP contribution in [-0.4, -0.2) is 36.6 Å². The van der Waals surface area contributed by atoms with Crippen molar-refractivity contribution >= 4 is 22.9 Å². The standard InChI is InChI=1S/C27H33FN4OS/c1-19(26-18-34-20(2)31-26)30-24-11-14-32(15-12-24)25-8-6-22(7-9-25)17-27(33)29-13-10-21-4-3-5-23(28)16-21/h3-9,16,18-19,24,30H,10-15,17H2,1-2H3,(H,29,33)/t19-/m1/s1. The molecule has 1 aliphatic rings. The first-order valence-corrected chi connectivity index (χ1v) is 12.9. The summed E-state index contributed by atoms with van der Waals surface area (Å²) in [6.45, 7) is 6.77. The number of benzene rings is 2. The van der Waals surface area contributed by atoms with Crippen molar-refractivity contribution in [1.29, 1.82) is 0 Å². The number of thiazole rings is 1. The number of aromatic nitrogens is 1. The molecular weight excluding hydrogens is 447 g/mol. The van der Waals surface area contributed by atoms with Crippen molar-refractivity contribution in [3.05, 3.63) is 81.6 Å². The molecule has 1 aliphatic heterocycles. The summed E-state index contributed by atoms with van der Waals surface area (Å²) >= 11 is 1.70. The number of amides is 1. The van der Waals surface area contributed by atoms with E-state index in [1.165, 1.54) is 17.8 Å². The molecule has 5 nitrogen and oxygen atoms in total. The zero-order valence-corrected chi connectivity index (χ0v) is 20.7. The second kappa shape index (κ2) is 11.6. The Kier molecular flexibility index (Phi) is 8.29. The van der Waals surface area contributed by atoms with Crippen LogP contribution in [0.5, 0.6) is 0 Å². The Labute approximate surface area is 205 Å². The molecule has 1 atom stereocenters. The molecule has 2 aromatic carbocycles. The predicted molar refractivity (Wildman–Crippen MR) is 137 cm³/mol. The fourth-order valence-electron chi connectivity index (χ4n) is 4.43. The minimum Gasteiger partial charge on any atom is -0.371 e. The maximum absolute atomic E-state index is 13.2. The average molecular weight is 481 g/mol. The van der Waals surface area contributed by atoms with Gasteiger partial charge in [-0.1, -0.05) is 24.3 Å². The number of carbonyl (C=O) groups is 1.